The number of ether oxygens (including phenoxy) is 2. The van der Waals surface area contributed by atoms with E-state index in [9.17, 15) is 4.79 Å². The first-order chi connectivity index (χ1) is 8.35. The summed E-state index contributed by atoms with van der Waals surface area (Å²) >= 11 is 0. The fourth-order valence-corrected chi connectivity index (χ4v) is 1.73. The smallest absolute Gasteiger partial charge is 0.360 e. The lowest BCUT2D eigenvalue weighted by molar-refractivity contribution is -0.505. The summed E-state index contributed by atoms with van der Waals surface area (Å²) in [5.74, 6) is -1.55. The standard InChI is InChI=1S/C13H20O5/c1-6-8-9-15-18-13(16-11(14)17-13)10(7-2)12(3,4)5/h6-8H,9H2,1-5H3/b8-6+,10-7+. The van der Waals surface area contributed by atoms with Gasteiger partial charge in [0.1, 0.15) is 6.61 Å². The second-order valence-corrected chi connectivity index (χ2v) is 4.90. The Hall–Kier alpha value is -1.33. The predicted molar refractivity (Wildman–Crippen MR) is 65.4 cm³/mol. The first-order valence-electron chi connectivity index (χ1n) is 5.87. The first kappa shape index (κ1) is 14.7. The van der Waals surface area contributed by atoms with Crippen molar-refractivity contribution in [2.75, 3.05) is 6.61 Å². The number of carbonyl (C=O) groups excluding carboxylic acids is 1. The molecule has 1 saturated heterocycles. The van der Waals surface area contributed by atoms with Crippen LogP contribution < -0.4 is 0 Å². The summed E-state index contributed by atoms with van der Waals surface area (Å²) in [4.78, 5) is 21.0. The number of hydrogen-bond acceptors (Lipinski definition) is 5. The van der Waals surface area contributed by atoms with Gasteiger partial charge in [-0.1, -0.05) is 39.0 Å². The van der Waals surface area contributed by atoms with Crippen LogP contribution in [0.1, 0.15) is 34.6 Å². The Bertz CT molecular complexity index is 354. The molecule has 0 aromatic rings. The number of hydrogen-bond donors (Lipinski definition) is 0. The minimum absolute atomic E-state index is 0.250. The SMILES string of the molecule is C/C=C/COOC1(/C(=C/C)C(C)(C)C)OC(=O)O1. The zero-order valence-electron chi connectivity index (χ0n) is 11.5. The molecule has 0 saturated carbocycles. The van der Waals surface area contributed by atoms with Crippen molar-refractivity contribution in [1.82, 2.24) is 0 Å². The highest BCUT2D eigenvalue weighted by Gasteiger charge is 2.58. The van der Waals surface area contributed by atoms with E-state index in [1.165, 1.54) is 0 Å². The van der Waals surface area contributed by atoms with Gasteiger partial charge in [-0.2, -0.15) is 0 Å². The lowest BCUT2D eigenvalue weighted by Gasteiger charge is -2.42. The van der Waals surface area contributed by atoms with Gasteiger partial charge in [0.2, 0.25) is 0 Å². The summed E-state index contributed by atoms with van der Waals surface area (Å²) in [5.41, 5.74) is 0.412. The fraction of sp³-hybridized carbons (Fsp3) is 0.615. The van der Waals surface area contributed by atoms with Crippen molar-refractivity contribution in [3.63, 3.8) is 0 Å². The average molecular weight is 256 g/mol. The van der Waals surface area contributed by atoms with Crippen molar-refractivity contribution in [1.29, 1.82) is 0 Å². The number of allylic oxidation sites excluding steroid dienone is 2. The third-order valence-electron chi connectivity index (χ3n) is 2.43. The molecule has 0 amide bonds. The minimum atomic E-state index is -1.55. The molecule has 0 bridgehead atoms. The van der Waals surface area contributed by atoms with Crippen LogP contribution in [0, 0.1) is 5.41 Å². The van der Waals surface area contributed by atoms with E-state index in [0.717, 1.165) is 0 Å². The molecule has 1 rings (SSSR count). The molecule has 5 heteroatoms. The maximum atomic E-state index is 10.9. The molecule has 18 heavy (non-hydrogen) atoms. The van der Waals surface area contributed by atoms with Gasteiger partial charge in [-0.05, 0) is 19.3 Å². The molecule has 1 aliphatic rings. The summed E-state index contributed by atoms with van der Waals surface area (Å²) < 4.78 is 9.97. The van der Waals surface area contributed by atoms with Crippen LogP contribution in [-0.4, -0.2) is 18.7 Å². The molecule has 102 valence electrons. The number of carbonyl (C=O) groups is 1. The highest BCUT2D eigenvalue weighted by molar-refractivity contribution is 5.66. The third kappa shape index (κ3) is 3.11. The zero-order chi connectivity index (χ0) is 13.8. The van der Waals surface area contributed by atoms with E-state index >= 15 is 0 Å². The Balaban J connectivity index is 2.78. The van der Waals surface area contributed by atoms with Gasteiger partial charge in [0.15, 0.2) is 0 Å². The van der Waals surface area contributed by atoms with Crippen LogP contribution >= 0.6 is 0 Å². The maximum absolute atomic E-state index is 10.9. The molecule has 0 aromatic heterocycles. The van der Waals surface area contributed by atoms with Crippen LogP contribution in [0.4, 0.5) is 4.79 Å². The second kappa shape index (κ2) is 5.54. The molecule has 5 nitrogen and oxygen atoms in total. The summed E-state index contributed by atoms with van der Waals surface area (Å²) in [7, 11) is 0. The van der Waals surface area contributed by atoms with Crippen LogP contribution in [0.3, 0.4) is 0 Å². The van der Waals surface area contributed by atoms with Gasteiger partial charge in [0.25, 0.3) is 0 Å². The van der Waals surface area contributed by atoms with E-state index < -0.39 is 12.1 Å². The third-order valence-corrected chi connectivity index (χ3v) is 2.43. The molecule has 0 unspecified atom stereocenters. The Morgan fingerprint density at radius 2 is 1.94 bits per heavy atom. The van der Waals surface area contributed by atoms with Crippen molar-refractivity contribution >= 4 is 6.16 Å². The van der Waals surface area contributed by atoms with Crippen LogP contribution in [-0.2, 0) is 19.2 Å². The Morgan fingerprint density at radius 1 is 1.33 bits per heavy atom. The van der Waals surface area contributed by atoms with Crippen LogP contribution in [0.5, 0.6) is 0 Å². The normalized spacial score (nSPS) is 19.4. The second-order valence-electron chi connectivity index (χ2n) is 4.90. The van der Waals surface area contributed by atoms with Gasteiger partial charge < -0.3 is 9.47 Å². The van der Waals surface area contributed by atoms with Gasteiger partial charge in [-0.3, -0.25) is 0 Å². The lowest BCUT2D eigenvalue weighted by atomic mass is 9.84. The quantitative estimate of drug-likeness (QED) is 0.248. The van der Waals surface area contributed by atoms with Gasteiger partial charge in [-0.15, -0.1) is 4.89 Å². The highest BCUT2D eigenvalue weighted by Crippen LogP contribution is 2.43. The molecule has 0 aromatic carbocycles. The van der Waals surface area contributed by atoms with Crippen LogP contribution in [0.2, 0.25) is 0 Å². The van der Waals surface area contributed by atoms with E-state index in [1.807, 2.05) is 40.7 Å². The molecular weight excluding hydrogens is 236 g/mol. The van der Waals surface area contributed by atoms with E-state index in [2.05, 4.69) is 0 Å². The summed E-state index contributed by atoms with van der Waals surface area (Å²) in [6, 6.07) is 0. The van der Waals surface area contributed by atoms with E-state index in [-0.39, 0.29) is 12.0 Å². The highest BCUT2D eigenvalue weighted by atomic mass is 17.3. The van der Waals surface area contributed by atoms with Crippen molar-refractivity contribution in [3.05, 3.63) is 23.8 Å². The molecule has 0 atom stereocenters. The fourth-order valence-electron chi connectivity index (χ4n) is 1.73. The molecular formula is C13H20O5. The van der Waals surface area contributed by atoms with Crippen molar-refractivity contribution in [2.24, 2.45) is 5.41 Å². The van der Waals surface area contributed by atoms with Gasteiger partial charge in [0, 0.05) is 5.57 Å². The Morgan fingerprint density at radius 3 is 2.33 bits per heavy atom. The summed E-state index contributed by atoms with van der Waals surface area (Å²) in [6.07, 6.45) is 4.61. The summed E-state index contributed by atoms with van der Waals surface area (Å²) in [5, 5.41) is 0. The molecule has 1 fully saturated rings. The van der Waals surface area contributed by atoms with Crippen LogP contribution in [0.15, 0.2) is 23.8 Å². The van der Waals surface area contributed by atoms with Crippen LogP contribution in [0.25, 0.3) is 0 Å². The predicted octanol–water partition coefficient (Wildman–Crippen LogP) is 3.32. The monoisotopic (exact) mass is 256 g/mol. The van der Waals surface area contributed by atoms with Crippen molar-refractivity contribution in [2.45, 2.75) is 40.6 Å². The van der Waals surface area contributed by atoms with E-state index in [0.29, 0.717) is 5.57 Å². The van der Waals surface area contributed by atoms with E-state index in [4.69, 9.17) is 19.2 Å². The zero-order valence-corrected chi connectivity index (χ0v) is 11.5. The maximum Gasteiger partial charge on any atom is 0.519 e. The van der Waals surface area contributed by atoms with Crippen molar-refractivity contribution in [3.8, 4) is 0 Å². The number of rotatable bonds is 5. The molecule has 1 heterocycles. The molecule has 0 spiro atoms. The first-order valence-corrected chi connectivity index (χ1v) is 5.87. The van der Waals surface area contributed by atoms with Gasteiger partial charge >= 0.3 is 12.1 Å². The minimum Gasteiger partial charge on any atom is -0.360 e. The molecule has 1 aliphatic heterocycles. The topological polar surface area (TPSA) is 54.0 Å². The van der Waals surface area contributed by atoms with Gasteiger partial charge in [-0.25, -0.2) is 9.68 Å². The Labute approximate surface area is 107 Å². The van der Waals surface area contributed by atoms with Gasteiger partial charge in [0.05, 0.1) is 0 Å². The number of cyclic esters (lactones) is 2. The van der Waals surface area contributed by atoms with E-state index in [1.54, 1.807) is 12.2 Å². The molecule has 0 aliphatic carbocycles. The average Bonchev–Trinajstić information content (AvgIpc) is 2.21. The largest absolute Gasteiger partial charge is 0.519 e. The molecule has 0 radical (unpaired) electrons. The van der Waals surface area contributed by atoms with Crippen molar-refractivity contribution < 1.29 is 24.0 Å². The summed E-state index contributed by atoms with van der Waals surface area (Å²) in [6.45, 7) is 9.84. The molecule has 0 N–H and O–H groups in total. The lowest BCUT2D eigenvalue weighted by Crippen LogP contribution is -2.56. The Kier molecular flexibility index (Phi) is 4.53.